The van der Waals surface area contributed by atoms with E-state index in [1.165, 1.54) is 0 Å². The van der Waals surface area contributed by atoms with Crippen LogP contribution >= 0.6 is 0 Å². The quantitative estimate of drug-likeness (QED) is 0.597. The van der Waals surface area contributed by atoms with Crippen molar-refractivity contribution in [3.05, 3.63) is 59.0 Å². The number of aryl methyl sites for hydroxylation is 2. The van der Waals surface area contributed by atoms with E-state index in [-0.39, 0.29) is 24.1 Å². The van der Waals surface area contributed by atoms with Crippen molar-refractivity contribution in [2.45, 2.75) is 52.4 Å². The summed E-state index contributed by atoms with van der Waals surface area (Å²) in [6.07, 6.45) is 1.05. The van der Waals surface area contributed by atoms with Crippen LogP contribution in [0.5, 0.6) is 5.75 Å². The molecule has 0 radical (unpaired) electrons. The van der Waals surface area contributed by atoms with Crippen LogP contribution in [0.2, 0.25) is 0 Å². The van der Waals surface area contributed by atoms with E-state index in [1.54, 1.807) is 19.1 Å². The van der Waals surface area contributed by atoms with Crippen molar-refractivity contribution in [1.29, 1.82) is 0 Å². The summed E-state index contributed by atoms with van der Waals surface area (Å²) in [4.78, 5) is 25.1. The zero-order valence-electron chi connectivity index (χ0n) is 17.2. The van der Waals surface area contributed by atoms with E-state index in [2.05, 4.69) is 10.5 Å². The highest BCUT2D eigenvalue weighted by Gasteiger charge is 2.28. The number of hydrogen-bond acceptors (Lipinski definition) is 6. The Morgan fingerprint density at radius 2 is 1.90 bits per heavy atom. The van der Waals surface area contributed by atoms with Crippen molar-refractivity contribution in [3.63, 3.8) is 0 Å². The molecule has 0 bridgehead atoms. The highest BCUT2D eigenvalue weighted by atomic mass is 16.5. The van der Waals surface area contributed by atoms with Crippen molar-refractivity contribution in [2.75, 3.05) is 0 Å². The van der Waals surface area contributed by atoms with E-state index >= 15 is 0 Å². The number of esters is 1. The van der Waals surface area contributed by atoms with Gasteiger partial charge in [-0.2, -0.15) is 0 Å². The van der Waals surface area contributed by atoms with Crippen LogP contribution in [-0.2, 0) is 16.1 Å². The molecule has 1 fully saturated rings. The van der Waals surface area contributed by atoms with Gasteiger partial charge in [0.2, 0.25) is 0 Å². The molecule has 1 amide bonds. The standard InChI is InChI=1S/C23H24N2O5/c1-13-20(14(2)30-25-13)12-28-21-11-17-7-5-4-6-16(17)10-19(21)23(27)29-15(3)22(26)24-18-8-9-18/h4-7,10-11,15,18H,8-9,12H2,1-3H3,(H,24,26)/t15-/m0/s1. The Labute approximate surface area is 174 Å². The smallest absolute Gasteiger partial charge is 0.342 e. The molecule has 0 spiro atoms. The molecule has 2 aromatic carbocycles. The van der Waals surface area contributed by atoms with Crippen LogP contribution < -0.4 is 10.1 Å². The molecule has 0 unspecified atom stereocenters. The fourth-order valence-electron chi connectivity index (χ4n) is 3.18. The fourth-order valence-corrected chi connectivity index (χ4v) is 3.18. The Hall–Kier alpha value is -3.35. The van der Waals surface area contributed by atoms with Gasteiger partial charge >= 0.3 is 5.97 Å². The molecule has 3 aromatic rings. The Bertz CT molecular complexity index is 1080. The van der Waals surface area contributed by atoms with Gasteiger partial charge in [-0.3, -0.25) is 4.79 Å². The van der Waals surface area contributed by atoms with Crippen molar-refractivity contribution in [1.82, 2.24) is 10.5 Å². The third-order valence-electron chi connectivity index (χ3n) is 5.20. The molecule has 1 saturated carbocycles. The summed E-state index contributed by atoms with van der Waals surface area (Å²) in [5, 5.41) is 8.59. The molecular weight excluding hydrogens is 384 g/mol. The van der Waals surface area contributed by atoms with Gasteiger partial charge in [0, 0.05) is 6.04 Å². The number of carbonyl (C=O) groups excluding carboxylic acids is 2. The fraction of sp³-hybridized carbons (Fsp3) is 0.348. The molecular formula is C23H24N2O5. The lowest BCUT2D eigenvalue weighted by atomic mass is 10.1. The van der Waals surface area contributed by atoms with Crippen molar-refractivity contribution < 1.29 is 23.6 Å². The molecule has 1 atom stereocenters. The number of ether oxygens (including phenoxy) is 2. The molecule has 0 aliphatic heterocycles. The first-order valence-corrected chi connectivity index (χ1v) is 10.0. The normalized spacial score (nSPS) is 14.4. The number of benzene rings is 2. The van der Waals surface area contributed by atoms with Crippen molar-refractivity contribution in [3.8, 4) is 5.75 Å². The van der Waals surface area contributed by atoms with Gasteiger partial charge < -0.3 is 19.3 Å². The Morgan fingerprint density at radius 1 is 1.20 bits per heavy atom. The second-order valence-electron chi connectivity index (χ2n) is 7.62. The van der Waals surface area contributed by atoms with E-state index < -0.39 is 12.1 Å². The van der Waals surface area contributed by atoms with E-state index in [9.17, 15) is 9.59 Å². The second-order valence-corrected chi connectivity index (χ2v) is 7.62. The first kappa shape index (κ1) is 19.9. The lowest BCUT2D eigenvalue weighted by Crippen LogP contribution is -2.37. The molecule has 7 nitrogen and oxygen atoms in total. The minimum Gasteiger partial charge on any atom is -0.488 e. The van der Waals surface area contributed by atoms with Crippen LogP contribution in [0.1, 0.15) is 47.1 Å². The average Bonchev–Trinajstić information content (AvgIpc) is 3.49. The van der Waals surface area contributed by atoms with Crippen LogP contribution in [0.15, 0.2) is 40.9 Å². The molecule has 1 aliphatic carbocycles. The van der Waals surface area contributed by atoms with Crippen LogP contribution in [0.25, 0.3) is 10.8 Å². The maximum absolute atomic E-state index is 12.9. The number of amides is 1. The highest BCUT2D eigenvalue weighted by Crippen LogP contribution is 2.29. The van der Waals surface area contributed by atoms with E-state index in [1.807, 2.05) is 38.1 Å². The van der Waals surface area contributed by atoms with Gasteiger partial charge in [-0.05, 0) is 56.5 Å². The van der Waals surface area contributed by atoms with E-state index in [0.29, 0.717) is 11.5 Å². The minimum atomic E-state index is -0.889. The molecule has 1 heterocycles. The number of hydrogen-bond donors (Lipinski definition) is 1. The van der Waals surface area contributed by atoms with Gasteiger partial charge in [0.05, 0.1) is 11.3 Å². The summed E-state index contributed by atoms with van der Waals surface area (Å²) >= 11 is 0. The summed E-state index contributed by atoms with van der Waals surface area (Å²) in [6.45, 7) is 5.43. The van der Waals surface area contributed by atoms with Crippen molar-refractivity contribution in [2.24, 2.45) is 0 Å². The average molecular weight is 408 g/mol. The van der Waals surface area contributed by atoms with Crippen molar-refractivity contribution >= 4 is 22.6 Å². The third-order valence-corrected chi connectivity index (χ3v) is 5.20. The van der Waals surface area contributed by atoms with Gasteiger partial charge in [0.25, 0.3) is 5.91 Å². The number of fused-ring (bicyclic) bond motifs is 1. The monoisotopic (exact) mass is 408 g/mol. The molecule has 1 N–H and O–H groups in total. The van der Waals surface area contributed by atoms with E-state index in [4.69, 9.17) is 14.0 Å². The van der Waals surface area contributed by atoms with Gasteiger partial charge in [0.1, 0.15) is 23.7 Å². The first-order valence-electron chi connectivity index (χ1n) is 10.0. The van der Waals surface area contributed by atoms with Gasteiger partial charge in [-0.1, -0.05) is 29.4 Å². The van der Waals surface area contributed by atoms with Gasteiger partial charge in [-0.25, -0.2) is 4.79 Å². The number of carbonyl (C=O) groups is 2. The third kappa shape index (κ3) is 4.30. The number of aromatic nitrogens is 1. The predicted octanol–water partition coefficient (Wildman–Crippen LogP) is 3.85. The Balaban J connectivity index is 1.58. The van der Waals surface area contributed by atoms with Crippen LogP contribution in [0.4, 0.5) is 0 Å². The van der Waals surface area contributed by atoms with Crippen LogP contribution in [0.3, 0.4) is 0 Å². The molecule has 156 valence electrons. The molecule has 4 rings (SSSR count). The maximum Gasteiger partial charge on any atom is 0.342 e. The van der Waals surface area contributed by atoms with Crippen LogP contribution in [0, 0.1) is 13.8 Å². The molecule has 1 aromatic heterocycles. The largest absolute Gasteiger partial charge is 0.488 e. The topological polar surface area (TPSA) is 90.7 Å². The molecule has 1 aliphatic rings. The lowest BCUT2D eigenvalue weighted by molar-refractivity contribution is -0.129. The summed E-state index contributed by atoms with van der Waals surface area (Å²) in [6, 6.07) is 11.4. The summed E-state index contributed by atoms with van der Waals surface area (Å²) in [7, 11) is 0. The zero-order valence-corrected chi connectivity index (χ0v) is 17.2. The summed E-state index contributed by atoms with van der Waals surface area (Å²) < 4.78 is 16.6. The number of nitrogens with zero attached hydrogens (tertiary/aromatic N) is 1. The highest BCUT2D eigenvalue weighted by molar-refractivity contribution is 5.99. The Morgan fingerprint density at radius 3 is 2.53 bits per heavy atom. The maximum atomic E-state index is 12.9. The summed E-state index contributed by atoms with van der Waals surface area (Å²) in [5.41, 5.74) is 1.84. The SMILES string of the molecule is Cc1noc(C)c1COc1cc2ccccc2cc1C(=O)O[C@@H](C)C(=O)NC1CC1. The number of rotatable bonds is 7. The minimum absolute atomic E-state index is 0.202. The molecule has 7 heteroatoms. The molecule has 0 saturated heterocycles. The predicted molar refractivity (Wildman–Crippen MR) is 110 cm³/mol. The first-order chi connectivity index (χ1) is 14.4. The lowest BCUT2D eigenvalue weighted by Gasteiger charge is -2.16. The zero-order chi connectivity index (χ0) is 21.3. The Kier molecular flexibility index (Phi) is 5.44. The van der Waals surface area contributed by atoms with Crippen LogP contribution in [-0.4, -0.2) is 29.2 Å². The second kappa shape index (κ2) is 8.18. The number of nitrogens with one attached hydrogen (secondary N) is 1. The molecule has 30 heavy (non-hydrogen) atoms. The summed E-state index contributed by atoms with van der Waals surface area (Å²) in [5.74, 6) is 0.161. The van der Waals surface area contributed by atoms with Gasteiger partial charge in [-0.15, -0.1) is 0 Å². The van der Waals surface area contributed by atoms with Gasteiger partial charge in [0.15, 0.2) is 6.10 Å². The van der Waals surface area contributed by atoms with E-state index in [0.717, 1.165) is 34.9 Å².